The Kier molecular flexibility index (Phi) is 6.05. The van der Waals surface area contributed by atoms with E-state index in [0.29, 0.717) is 12.1 Å². The Balaban J connectivity index is 1.71. The van der Waals surface area contributed by atoms with Crippen LogP contribution in [-0.4, -0.2) is 46.9 Å². The van der Waals surface area contributed by atoms with Crippen molar-refractivity contribution >= 4 is 28.9 Å². The van der Waals surface area contributed by atoms with Crippen molar-refractivity contribution < 1.29 is 24.5 Å². The number of amides is 1. The highest BCUT2D eigenvalue weighted by atomic mass is 32.1. The number of anilines is 1. The van der Waals surface area contributed by atoms with Crippen LogP contribution in [0.3, 0.4) is 0 Å². The van der Waals surface area contributed by atoms with E-state index in [1.165, 1.54) is 16.9 Å². The molecule has 1 spiro atoms. The Hall–Kier alpha value is -1.70. The molecule has 1 aromatic rings. The molecule has 170 valence electrons. The number of thiophene rings is 1. The molecule has 1 amide bonds. The number of aliphatic hydroxyl groups is 1. The zero-order chi connectivity index (χ0) is 22.4. The van der Waals surface area contributed by atoms with E-state index in [1.807, 2.05) is 24.8 Å². The van der Waals surface area contributed by atoms with E-state index in [4.69, 9.17) is 4.74 Å². The monoisotopic (exact) mass is 447 g/mol. The highest BCUT2D eigenvalue weighted by Gasteiger charge is 2.49. The van der Waals surface area contributed by atoms with Crippen molar-refractivity contribution in [2.75, 3.05) is 18.1 Å². The standard InChI is InChI=1S/C24H33NO5S/c1-15-4-6-16(7-5-15)21(27)25(17-8-10-24(11-9-17)14-30-24)18-12-19(23(2,3)13-26)31-20(18)22(28)29/h4,12,16-17,26H,5-11,13-14H2,1-3H3,(H,28,29)/t16-,17-,24+/m0/s1. The Morgan fingerprint density at radius 2 is 1.97 bits per heavy atom. The molecule has 1 saturated carbocycles. The number of hydrogen-bond donors (Lipinski definition) is 2. The molecule has 31 heavy (non-hydrogen) atoms. The summed E-state index contributed by atoms with van der Waals surface area (Å²) in [5.74, 6) is -1.10. The Labute approximate surface area is 187 Å². The number of nitrogens with zero attached hydrogens (tertiary/aromatic N) is 1. The molecule has 0 unspecified atom stereocenters. The highest BCUT2D eigenvalue weighted by molar-refractivity contribution is 7.14. The van der Waals surface area contributed by atoms with E-state index in [0.717, 1.165) is 50.0 Å². The van der Waals surface area contributed by atoms with Crippen LogP contribution in [0.15, 0.2) is 17.7 Å². The van der Waals surface area contributed by atoms with E-state index in [-0.39, 0.29) is 35.0 Å². The van der Waals surface area contributed by atoms with Crippen LogP contribution in [0.5, 0.6) is 0 Å². The molecule has 0 bridgehead atoms. The molecule has 1 atom stereocenters. The molecule has 6 nitrogen and oxygen atoms in total. The number of carboxylic acid groups (broad SMARTS) is 1. The zero-order valence-electron chi connectivity index (χ0n) is 18.6. The molecule has 0 aromatic carbocycles. The van der Waals surface area contributed by atoms with E-state index < -0.39 is 11.4 Å². The maximum Gasteiger partial charge on any atom is 0.348 e. The van der Waals surface area contributed by atoms with Gasteiger partial charge in [-0.05, 0) is 57.9 Å². The number of aromatic carboxylic acids is 1. The molecule has 3 aliphatic rings. The van der Waals surface area contributed by atoms with Crippen LogP contribution in [0.2, 0.25) is 0 Å². The SMILES string of the molecule is CC1=CC[C@H](C(=O)N(c2cc(C(C)(C)CO)sc2C(=O)O)[C@H]2CC[C@@]3(CC2)CO3)CC1. The maximum atomic E-state index is 13.8. The minimum absolute atomic E-state index is 0.00419. The lowest BCUT2D eigenvalue weighted by Gasteiger charge is -2.38. The van der Waals surface area contributed by atoms with Gasteiger partial charge in [0.05, 0.1) is 24.5 Å². The Bertz CT molecular complexity index is 888. The number of rotatable bonds is 6. The number of hydrogen-bond acceptors (Lipinski definition) is 5. The van der Waals surface area contributed by atoms with Gasteiger partial charge in [-0.2, -0.15) is 0 Å². The zero-order valence-corrected chi connectivity index (χ0v) is 19.5. The van der Waals surface area contributed by atoms with Gasteiger partial charge in [0, 0.05) is 22.3 Å². The number of allylic oxidation sites excluding steroid dienone is 2. The first-order valence-electron chi connectivity index (χ1n) is 11.3. The number of aliphatic hydroxyl groups excluding tert-OH is 1. The topological polar surface area (TPSA) is 90.4 Å². The lowest BCUT2D eigenvalue weighted by molar-refractivity contribution is -0.123. The molecular weight excluding hydrogens is 414 g/mol. The number of carbonyl (C=O) groups excluding carboxylic acids is 1. The van der Waals surface area contributed by atoms with E-state index >= 15 is 0 Å². The summed E-state index contributed by atoms with van der Waals surface area (Å²) < 4.78 is 5.65. The van der Waals surface area contributed by atoms with Crippen LogP contribution in [0.1, 0.15) is 80.3 Å². The molecule has 7 heteroatoms. The fourth-order valence-corrected chi connectivity index (χ4v) is 5.86. The molecule has 2 fully saturated rings. The molecular formula is C24H33NO5S. The second-order valence-corrected chi connectivity index (χ2v) is 11.2. The fraction of sp³-hybridized carbons (Fsp3) is 0.667. The van der Waals surface area contributed by atoms with Gasteiger partial charge in [0.2, 0.25) is 5.91 Å². The van der Waals surface area contributed by atoms with Gasteiger partial charge < -0.3 is 19.8 Å². The smallest absolute Gasteiger partial charge is 0.348 e. The summed E-state index contributed by atoms with van der Waals surface area (Å²) in [6, 6.07) is 1.82. The van der Waals surface area contributed by atoms with Gasteiger partial charge in [0.15, 0.2) is 0 Å². The second-order valence-electron chi connectivity index (χ2n) is 10.1. The van der Waals surface area contributed by atoms with Gasteiger partial charge in [-0.1, -0.05) is 25.5 Å². The van der Waals surface area contributed by atoms with Crippen LogP contribution in [0, 0.1) is 5.92 Å². The number of ether oxygens (including phenoxy) is 1. The quantitative estimate of drug-likeness (QED) is 0.495. The predicted molar refractivity (Wildman–Crippen MR) is 121 cm³/mol. The van der Waals surface area contributed by atoms with Crippen molar-refractivity contribution in [1.29, 1.82) is 0 Å². The summed E-state index contributed by atoms with van der Waals surface area (Å²) in [5, 5.41) is 19.8. The molecule has 1 aliphatic heterocycles. The van der Waals surface area contributed by atoms with E-state index in [1.54, 1.807) is 0 Å². The Morgan fingerprint density at radius 1 is 1.29 bits per heavy atom. The van der Waals surface area contributed by atoms with Gasteiger partial charge in [0.25, 0.3) is 0 Å². The number of carboxylic acids is 1. The highest BCUT2D eigenvalue weighted by Crippen LogP contribution is 2.46. The van der Waals surface area contributed by atoms with E-state index in [9.17, 15) is 19.8 Å². The average Bonchev–Trinajstić information content (AvgIpc) is 3.34. The molecule has 1 saturated heterocycles. The normalized spacial score (nSPS) is 28.3. The molecule has 2 heterocycles. The van der Waals surface area contributed by atoms with Gasteiger partial charge >= 0.3 is 5.97 Å². The lowest BCUT2D eigenvalue weighted by Crippen LogP contribution is -2.47. The fourth-order valence-electron chi connectivity index (χ4n) is 4.78. The first kappa shape index (κ1) is 22.5. The van der Waals surface area contributed by atoms with Gasteiger partial charge in [-0.25, -0.2) is 4.79 Å². The van der Waals surface area contributed by atoms with Crippen LogP contribution < -0.4 is 4.90 Å². The summed E-state index contributed by atoms with van der Waals surface area (Å²) in [6.07, 6.45) is 8.02. The first-order valence-corrected chi connectivity index (χ1v) is 12.1. The number of carbonyl (C=O) groups is 2. The minimum Gasteiger partial charge on any atom is -0.477 e. The number of epoxide rings is 1. The van der Waals surface area contributed by atoms with Crippen LogP contribution in [-0.2, 0) is 14.9 Å². The van der Waals surface area contributed by atoms with Gasteiger partial charge in [0.1, 0.15) is 4.88 Å². The summed E-state index contributed by atoms with van der Waals surface area (Å²) in [6.45, 7) is 6.59. The van der Waals surface area contributed by atoms with Crippen LogP contribution in [0.25, 0.3) is 0 Å². The van der Waals surface area contributed by atoms with Crippen molar-refractivity contribution in [3.8, 4) is 0 Å². The molecule has 2 aliphatic carbocycles. The summed E-state index contributed by atoms with van der Waals surface area (Å²) in [7, 11) is 0. The largest absolute Gasteiger partial charge is 0.477 e. The summed E-state index contributed by atoms with van der Waals surface area (Å²) in [4.78, 5) is 28.8. The van der Waals surface area contributed by atoms with Crippen LogP contribution >= 0.6 is 11.3 Å². The molecule has 4 rings (SSSR count). The van der Waals surface area contributed by atoms with Crippen molar-refractivity contribution in [3.63, 3.8) is 0 Å². The minimum atomic E-state index is -1.02. The van der Waals surface area contributed by atoms with Gasteiger partial charge in [-0.3, -0.25) is 4.79 Å². The maximum absolute atomic E-state index is 13.8. The third-order valence-electron chi connectivity index (χ3n) is 7.24. The van der Waals surface area contributed by atoms with E-state index in [2.05, 4.69) is 13.0 Å². The first-order chi connectivity index (χ1) is 14.7. The van der Waals surface area contributed by atoms with Gasteiger partial charge in [-0.15, -0.1) is 11.3 Å². The average molecular weight is 448 g/mol. The van der Waals surface area contributed by atoms with Crippen molar-refractivity contribution in [2.45, 2.75) is 82.8 Å². The predicted octanol–water partition coefficient (Wildman–Crippen LogP) is 4.51. The molecule has 1 aromatic heterocycles. The third-order valence-corrected chi connectivity index (χ3v) is 8.72. The van der Waals surface area contributed by atoms with Crippen LogP contribution in [0.4, 0.5) is 5.69 Å². The van der Waals surface area contributed by atoms with Crippen molar-refractivity contribution in [1.82, 2.24) is 0 Å². The molecule has 2 N–H and O–H groups in total. The Morgan fingerprint density at radius 3 is 2.48 bits per heavy atom. The second kappa shape index (κ2) is 8.34. The lowest BCUT2D eigenvalue weighted by atomic mass is 9.83. The summed E-state index contributed by atoms with van der Waals surface area (Å²) in [5.41, 5.74) is 1.26. The van der Waals surface area contributed by atoms with Crippen molar-refractivity contribution in [3.05, 3.63) is 27.5 Å². The summed E-state index contributed by atoms with van der Waals surface area (Å²) >= 11 is 1.18. The third kappa shape index (κ3) is 4.45. The van der Waals surface area contributed by atoms with Crippen molar-refractivity contribution in [2.24, 2.45) is 5.92 Å². The molecule has 0 radical (unpaired) electrons.